The predicted octanol–water partition coefficient (Wildman–Crippen LogP) is -0.420. The number of hydrogen-bond acceptors (Lipinski definition) is 4. The van der Waals surface area contributed by atoms with Crippen molar-refractivity contribution in [2.24, 2.45) is 11.8 Å². The summed E-state index contributed by atoms with van der Waals surface area (Å²) in [5.41, 5.74) is 0. The maximum atomic E-state index is 12.2. The van der Waals surface area contributed by atoms with Crippen LogP contribution in [0.3, 0.4) is 0 Å². The number of nitrogens with one attached hydrogen (secondary N) is 2. The second kappa shape index (κ2) is 7.20. The fourth-order valence-corrected chi connectivity index (χ4v) is 2.73. The van der Waals surface area contributed by atoms with E-state index in [1.54, 1.807) is 0 Å². The molecule has 120 valence electrons. The number of carbonyl (C=O) groups is 4. The van der Waals surface area contributed by atoms with Crippen LogP contribution in [0.25, 0.3) is 0 Å². The first-order valence-corrected chi connectivity index (χ1v) is 7.58. The van der Waals surface area contributed by atoms with Crippen LogP contribution in [0.4, 0.5) is 0 Å². The van der Waals surface area contributed by atoms with Crippen LogP contribution in [0.15, 0.2) is 12.2 Å². The van der Waals surface area contributed by atoms with Gasteiger partial charge in [-0.05, 0) is 19.3 Å². The first-order chi connectivity index (χ1) is 10.5. The number of allylic oxidation sites excluding steroid dienone is 2. The van der Waals surface area contributed by atoms with Gasteiger partial charge in [-0.1, -0.05) is 19.1 Å². The molecule has 0 spiro atoms. The average Bonchev–Trinajstić information content (AvgIpc) is 2.76. The van der Waals surface area contributed by atoms with E-state index in [9.17, 15) is 19.2 Å². The molecule has 2 aliphatic rings. The smallest absolute Gasteiger partial charge is 0.240 e. The first kappa shape index (κ1) is 16.2. The van der Waals surface area contributed by atoms with Crippen LogP contribution in [0.1, 0.15) is 26.2 Å². The lowest BCUT2D eigenvalue weighted by atomic mass is 9.85. The Kier molecular flexibility index (Phi) is 5.30. The van der Waals surface area contributed by atoms with Crippen LogP contribution in [0.2, 0.25) is 0 Å². The maximum Gasteiger partial charge on any atom is 0.240 e. The first-order valence-electron chi connectivity index (χ1n) is 7.58. The number of carbonyl (C=O) groups excluding carboxylic acids is 4. The van der Waals surface area contributed by atoms with Gasteiger partial charge in [0.15, 0.2) is 0 Å². The van der Waals surface area contributed by atoms with Crippen molar-refractivity contribution in [2.45, 2.75) is 26.2 Å². The van der Waals surface area contributed by atoms with E-state index < -0.39 is 5.91 Å². The zero-order valence-electron chi connectivity index (χ0n) is 12.6. The second-order valence-corrected chi connectivity index (χ2v) is 5.55. The van der Waals surface area contributed by atoms with Crippen LogP contribution in [-0.4, -0.2) is 48.2 Å². The van der Waals surface area contributed by atoms with Gasteiger partial charge in [0.2, 0.25) is 23.6 Å². The molecule has 2 rings (SSSR count). The lowest BCUT2D eigenvalue weighted by Gasteiger charge is -2.14. The molecule has 22 heavy (non-hydrogen) atoms. The molecule has 0 saturated carbocycles. The third-order valence-corrected chi connectivity index (χ3v) is 3.92. The van der Waals surface area contributed by atoms with Gasteiger partial charge in [0.05, 0.1) is 18.4 Å². The van der Waals surface area contributed by atoms with Gasteiger partial charge in [0, 0.05) is 6.54 Å². The molecular formula is C15H21N3O4. The quantitative estimate of drug-likeness (QED) is 0.514. The Hall–Kier alpha value is -2.18. The molecule has 0 aromatic carbocycles. The van der Waals surface area contributed by atoms with E-state index >= 15 is 0 Å². The van der Waals surface area contributed by atoms with E-state index in [4.69, 9.17) is 0 Å². The summed E-state index contributed by atoms with van der Waals surface area (Å²) in [6.45, 7) is 2.01. The zero-order valence-corrected chi connectivity index (χ0v) is 12.6. The molecule has 7 heteroatoms. The molecule has 0 radical (unpaired) electrons. The molecule has 0 unspecified atom stereocenters. The molecule has 2 N–H and O–H groups in total. The fourth-order valence-electron chi connectivity index (χ4n) is 2.73. The van der Waals surface area contributed by atoms with Gasteiger partial charge < -0.3 is 10.6 Å². The van der Waals surface area contributed by atoms with Crippen molar-refractivity contribution >= 4 is 23.6 Å². The minimum atomic E-state index is -0.500. The molecular weight excluding hydrogens is 286 g/mol. The van der Waals surface area contributed by atoms with E-state index in [-0.39, 0.29) is 42.6 Å². The highest BCUT2D eigenvalue weighted by molar-refractivity contribution is 6.07. The third-order valence-electron chi connectivity index (χ3n) is 3.92. The van der Waals surface area contributed by atoms with Crippen molar-refractivity contribution in [1.29, 1.82) is 0 Å². The number of rotatable bonds is 6. The van der Waals surface area contributed by atoms with Crippen LogP contribution in [0.5, 0.6) is 0 Å². The number of hydrogen-bond donors (Lipinski definition) is 2. The summed E-state index contributed by atoms with van der Waals surface area (Å²) in [7, 11) is 0. The van der Waals surface area contributed by atoms with Crippen LogP contribution >= 0.6 is 0 Å². The van der Waals surface area contributed by atoms with Gasteiger partial charge in [-0.2, -0.15) is 0 Å². The highest BCUT2D eigenvalue weighted by atomic mass is 16.2. The average molecular weight is 307 g/mol. The number of likely N-dealkylation sites (tertiary alicyclic amines) is 1. The lowest BCUT2D eigenvalue weighted by molar-refractivity contribution is -0.143. The topological polar surface area (TPSA) is 95.6 Å². The normalized spacial score (nSPS) is 23.4. The maximum absolute atomic E-state index is 12.2. The molecule has 2 atom stereocenters. The molecule has 1 fully saturated rings. The number of fused-ring (bicyclic) bond motifs is 1. The molecule has 1 aliphatic carbocycles. The summed E-state index contributed by atoms with van der Waals surface area (Å²) in [6, 6.07) is 0. The van der Waals surface area contributed by atoms with E-state index in [0.29, 0.717) is 19.4 Å². The molecule has 7 nitrogen and oxygen atoms in total. The molecule has 0 bridgehead atoms. The Bertz CT molecular complexity index is 489. The third kappa shape index (κ3) is 3.52. The van der Waals surface area contributed by atoms with E-state index in [1.807, 2.05) is 19.1 Å². The minimum Gasteiger partial charge on any atom is -0.355 e. The summed E-state index contributed by atoms with van der Waals surface area (Å²) in [4.78, 5) is 48.6. The summed E-state index contributed by atoms with van der Waals surface area (Å²) in [6.07, 6.45) is 5.70. The summed E-state index contributed by atoms with van der Waals surface area (Å²) in [5, 5.41) is 5.06. The monoisotopic (exact) mass is 307 g/mol. The second-order valence-electron chi connectivity index (χ2n) is 5.55. The summed E-state index contributed by atoms with van der Waals surface area (Å²) in [5.74, 6) is -2.03. The van der Waals surface area contributed by atoms with Crippen LogP contribution in [-0.2, 0) is 19.2 Å². The van der Waals surface area contributed by atoms with Crippen molar-refractivity contribution in [2.75, 3.05) is 19.6 Å². The Morgan fingerprint density at radius 3 is 2.23 bits per heavy atom. The fraction of sp³-hybridized carbons (Fsp3) is 0.600. The summed E-state index contributed by atoms with van der Waals surface area (Å²) < 4.78 is 0. The Balaban J connectivity index is 1.83. The van der Waals surface area contributed by atoms with Crippen molar-refractivity contribution in [3.63, 3.8) is 0 Å². The van der Waals surface area contributed by atoms with E-state index in [1.165, 1.54) is 0 Å². The zero-order chi connectivity index (χ0) is 16.1. The highest BCUT2D eigenvalue weighted by Gasteiger charge is 2.47. The van der Waals surface area contributed by atoms with Gasteiger partial charge >= 0.3 is 0 Å². The Morgan fingerprint density at radius 2 is 1.68 bits per heavy atom. The molecule has 4 amide bonds. The van der Waals surface area contributed by atoms with Crippen molar-refractivity contribution in [3.05, 3.63) is 12.2 Å². The van der Waals surface area contributed by atoms with Gasteiger partial charge in [0.25, 0.3) is 0 Å². The van der Waals surface area contributed by atoms with Crippen molar-refractivity contribution in [3.8, 4) is 0 Å². The van der Waals surface area contributed by atoms with Gasteiger partial charge in [-0.3, -0.25) is 24.1 Å². The van der Waals surface area contributed by atoms with Crippen LogP contribution < -0.4 is 10.6 Å². The lowest BCUT2D eigenvalue weighted by Crippen LogP contribution is -2.44. The predicted molar refractivity (Wildman–Crippen MR) is 78.4 cm³/mol. The van der Waals surface area contributed by atoms with Crippen molar-refractivity contribution < 1.29 is 19.2 Å². The standard InChI is InChI=1S/C15H21N3O4/c1-2-7-16-12(19)8-17-13(20)9-18-14(21)10-5-3-4-6-11(10)15(18)22/h3-4,10-11H,2,5-9H2,1H3,(H,16,19)(H,17,20)/t10-,11-/m1/s1. The van der Waals surface area contributed by atoms with Gasteiger partial charge in [0.1, 0.15) is 6.54 Å². The molecule has 1 aliphatic heterocycles. The van der Waals surface area contributed by atoms with E-state index in [2.05, 4.69) is 10.6 Å². The Morgan fingerprint density at radius 1 is 1.09 bits per heavy atom. The number of amides is 4. The molecule has 1 saturated heterocycles. The van der Waals surface area contributed by atoms with Gasteiger partial charge in [-0.15, -0.1) is 0 Å². The molecule has 0 aromatic heterocycles. The Labute approximate surface area is 129 Å². The SMILES string of the molecule is CCCNC(=O)CNC(=O)CN1C(=O)[C@@H]2CC=CC[C@H]2C1=O. The van der Waals surface area contributed by atoms with E-state index in [0.717, 1.165) is 11.3 Å². The summed E-state index contributed by atoms with van der Waals surface area (Å²) >= 11 is 0. The largest absolute Gasteiger partial charge is 0.355 e. The molecule has 1 heterocycles. The number of nitrogens with zero attached hydrogens (tertiary/aromatic N) is 1. The van der Waals surface area contributed by atoms with Crippen molar-refractivity contribution in [1.82, 2.24) is 15.5 Å². The number of imide groups is 1. The van der Waals surface area contributed by atoms with Gasteiger partial charge in [-0.25, -0.2) is 0 Å². The highest BCUT2D eigenvalue weighted by Crippen LogP contribution is 2.34. The molecule has 0 aromatic rings. The van der Waals surface area contributed by atoms with Crippen LogP contribution in [0, 0.1) is 11.8 Å². The minimum absolute atomic E-state index is 0.149.